The molecule has 0 N–H and O–H groups in total. The van der Waals surface area contributed by atoms with Crippen LogP contribution in [0.2, 0.25) is 0 Å². The van der Waals surface area contributed by atoms with E-state index in [9.17, 15) is 9.59 Å². The van der Waals surface area contributed by atoms with Crippen LogP contribution in [0.1, 0.15) is 81.6 Å². The van der Waals surface area contributed by atoms with Crippen molar-refractivity contribution in [2.24, 2.45) is 11.1 Å². The minimum Gasteiger partial charge on any atom is -0.453 e. The summed E-state index contributed by atoms with van der Waals surface area (Å²) in [5.41, 5.74) is 4.22. The molecule has 0 bridgehead atoms. The zero-order chi connectivity index (χ0) is 28.2. The molecule has 0 aliphatic carbocycles. The molecule has 3 aromatic carbocycles. The van der Waals surface area contributed by atoms with Gasteiger partial charge >= 0.3 is 5.97 Å². The smallest absolute Gasteiger partial charge is 0.331 e. The van der Waals surface area contributed by atoms with E-state index in [0.29, 0.717) is 22.8 Å². The topological polar surface area (TPSA) is 68.9 Å². The molecule has 0 spiro atoms. The van der Waals surface area contributed by atoms with Crippen molar-refractivity contribution in [1.82, 2.24) is 0 Å². The van der Waals surface area contributed by atoms with E-state index in [0.717, 1.165) is 39.3 Å². The summed E-state index contributed by atoms with van der Waals surface area (Å²) in [5, 5.41) is 5.02. The Bertz CT molecular complexity index is 1490. The molecule has 39 heavy (non-hydrogen) atoms. The van der Waals surface area contributed by atoms with E-state index in [1.807, 2.05) is 60.7 Å². The van der Waals surface area contributed by atoms with Gasteiger partial charge in [-0.05, 0) is 89.9 Å². The molecular weight excluding hydrogens is 506 g/mol. The minimum absolute atomic E-state index is 0.0248. The molecule has 0 saturated carbocycles. The Labute approximate surface area is 234 Å². The molecule has 0 aliphatic rings. The van der Waals surface area contributed by atoms with Gasteiger partial charge in [0.25, 0.3) is 0 Å². The van der Waals surface area contributed by atoms with Crippen LogP contribution in [-0.2, 0) is 15.0 Å². The average Bonchev–Trinajstić information content (AvgIpc) is 3.32. The summed E-state index contributed by atoms with van der Waals surface area (Å²) in [6.07, 6.45) is 1.68. The molecule has 0 unspecified atom stereocenters. The SMILES string of the molecule is CC(=O)ON=C(CCC(C)C)c1ccc(Sc2ccc(C(=O)c3cc4cc(C(C)(C)C)ccc4o3)cc2)cc1. The van der Waals surface area contributed by atoms with Gasteiger partial charge in [-0.2, -0.15) is 0 Å². The van der Waals surface area contributed by atoms with E-state index in [-0.39, 0.29) is 11.2 Å². The summed E-state index contributed by atoms with van der Waals surface area (Å²) < 4.78 is 5.88. The lowest BCUT2D eigenvalue weighted by atomic mass is 9.86. The normalized spacial score (nSPS) is 12.2. The van der Waals surface area contributed by atoms with E-state index in [4.69, 9.17) is 9.25 Å². The minimum atomic E-state index is -0.429. The van der Waals surface area contributed by atoms with Gasteiger partial charge in [-0.1, -0.05) is 69.7 Å². The van der Waals surface area contributed by atoms with E-state index in [1.54, 1.807) is 11.8 Å². The lowest BCUT2D eigenvalue weighted by Crippen LogP contribution is -2.10. The lowest BCUT2D eigenvalue weighted by Gasteiger charge is -2.18. The molecule has 202 valence electrons. The van der Waals surface area contributed by atoms with Crippen LogP contribution in [0.4, 0.5) is 0 Å². The van der Waals surface area contributed by atoms with E-state index in [2.05, 4.69) is 51.9 Å². The second-order valence-electron chi connectivity index (χ2n) is 11.1. The largest absolute Gasteiger partial charge is 0.453 e. The number of nitrogens with zero attached hydrogens (tertiary/aromatic N) is 1. The second kappa shape index (κ2) is 12.0. The Morgan fingerprint density at radius 3 is 2.08 bits per heavy atom. The first-order valence-corrected chi connectivity index (χ1v) is 14.0. The first-order valence-electron chi connectivity index (χ1n) is 13.2. The molecular formula is C33H35NO4S. The van der Waals surface area contributed by atoms with Gasteiger partial charge in [0.05, 0.1) is 5.71 Å². The maximum Gasteiger partial charge on any atom is 0.331 e. The Morgan fingerprint density at radius 2 is 1.51 bits per heavy atom. The van der Waals surface area contributed by atoms with Gasteiger partial charge in [0, 0.05) is 27.7 Å². The number of hydrogen-bond acceptors (Lipinski definition) is 6. The molecule has 0 aliphatic heterocycles. The molecule has 6 heteroatoms. The van der Waals surface area contributed by atoms with Crippen LogP contribution in [0.3, 0.4) is 0 Å². The predicted octanol–water partition coefficient (Wildman–Crippen LogP) is 8.82. The summed E-state index contributed by atoms with van der Waals surface area (Å²) in [4.78, 5) is 31.4. The first kappa shape index (κ1) is 28.4. The van der Waals surface area contributed by atoms with Crippen molar-refractivity contribution in [1.29, 1.82) is 0 Å². The highest BCUT2D eigenvalue weighted by Gasteiger charge is 2.18. The van der Waals surface area contributed by atoms with Crippen LogP contribution in [0.15, 0.2) is 92.2 Å². The Hall–Kier alpha value is -3.64. The molecule has 0 saturated heterocycles. The maximum atomic E-state index is 13.1. The standard InChI is InChI=1S/C33H35NO4S/c1-21(2)7-17-29(34-38-22(3)35)23-8-13-27(14-9-23)39-28-15-10-24(11-16-28)32(36)31-20-25-19-26(33(4,5)6)12-18-30(25)37-31/h8-16,18-21H,7,17H2,1-6H3. The molecule has 1 aromatic heterocycles. The van der Waals surface area contributed by atoms with Crippen LogP contribution in [-0.4, -0.2) is 17.5 Å². The number of ketones is 1. The van der Waals surface area contributed by atoms with Crippen molar-refractivity contribution in [2.45, 2.75) is 69.6 Å². The number of carbonyl (C=O) groups is 2. The molecule has 0 atom stereocenters. The number of benzene rings is 3. The molecule has 0 fully saturated rings. The Balaban J connectivity index is 1.45. The third kappa shape index (κ3) is 7.48. The van der Waals surface area contributed by atoms with Gasteiger partial charge in [-0.25, -0.2) is 4.79 Å². The highest BCUT2D eigenvalue weighted by atomic mass is 32.2. The third-order valence-corrected chi connectivity index (χ3v) is 7.40. The second-order valence-corrected chi connectivity index (χ2v) is 12.3. The highest BCUT2D eigenvalue weighted by molar-refractivity contribution is 7.99. The summed E-state index contributed by atoms with van der Waals surface area (Å²) in [6, 6.07) is 23.5. The monoisotopic (exact) mass is 541 g/mol. The number of carbonyl (C=O) groups excluding carboxylic acids is 2. The summed E-state index contributed by atoms with van der Waals surface area (Å²) in [7, 11) is 0. The molecule has 0 radical (unpaired) electrons. The summed E-state index contributed by atoms with van der Waals surface area (Å²) >= 11 is 1.61. The van der Waals surface area contributed by atoms with Gasteiger partial charge in [0.2, 0.25) is 5.78 Å². The van der Waals surface area contributed by atoms with Crippen LogP contribution in [0, 0.1) is 5.92 Å². The summed E-state index contributed by atoms with van der Waals surface area (Å²) in [6.45, 7) is 12.2. The fourth-order valence-electron chi connectivity index (χ4n) is 4.08. The quantitative estimate of drug-likeness (QED) is 0.0916. The summed E-state index contributed by atoms with van der Waals surface area (Å²) in [5.74, 6) is 0.299. The number of rotatable bonds is 9. The number of hydrogen-bond donors (Lipinski definition) is 0. The maximum absolute atomic E-state index is 13.1. The molecule has 4 rings (SSSR count). The first-order chi connectivity index (χ1) is 18.5. The van der Waals surface area contributed by atoms with Gasteiger partial charge in [0.15, 0.2) is 5.76 Å². The number of oxime groups is 1. The zero-order valence-electron chi connectivity index (χ0n) is 23.4. The van der Waals surface area contributed by atoms with E-state index in [1.165, 1.54) is 12.5 Å². The van der Waals surface area contributed by atoms with E-state index < -0.39 is 5.97 Å². The fourth-order valence-corrected chi connectivity index (χ4v) is 4.89. The third-order valence-electron chi connectivity index (χ3n) is 6.39. The van der Waals surface area contributed by atoms with Crippen molar-refractivity contribution in [3.05, 3.63) is 95.2 Å². The van der Waals surface area contributed by atoms with Gasteiger partial charge in [0.1, 0.15) is 5.58 Å². The Morgan fingerprint density at radius 1 is 0.897 bits per heavy atom. The van der Waals surface area contributed by atoms with Gasteiger partial charge in [-0.3, -0.25) is 4.79 Å². The van der Waals surface area contributed by atoms with Crippen molar-refractivity contribution in [3.63, 3.8) is 0 Å². The van der Waals surface area contributed by atoms with Crippen molar-refractivity contribution < 1.29 is 18.8 Å². The molecule has 4 aromatic rings. The van der Waals surface area contributed by atoms with Crippen LogP contribution in [0.5, 0.6) is 0 Å². The van der Waals surface area contributed by atoms with E-state index >= 15 is 0 Å². The fraction of sp³-hybridized carbons (Fsp3) is 0.303. The molecule has 0 amide bonds. The van der Waals surface area contributed by atoms with Gasteiger partial charge < -0.3 is 9.25 Å². The van der Waals surface area contributed by atoms with Crippen LogP contribution >= 0.6 is 11.8 Å². The van der Waals surface area contributed by atoms with Gasteiger partial charge in [-0.15, -0.1) is 0 Å². The lowest BCUT2D eigenvalue weighted by molar-refractivity contribution is -0.140. The number of fused-ring (bicyclic) bond motifs is 1. The van der Waals surface area contributed by atoms with Crippen molar-refractivity contribution in [3.8, 4) is 0 Å². The number of furan rings is 1. The zero-order valence-corrected chi connectivity index (χ0v) is 24.2. The molecule has 5 nitrogen and oxygen atoms in total. The van der Waals surface area contributed by atoms with Crippen molar-refractivity contribution in [2.75, 3.05) is 0 Å². The van der Waals surface area contributed by atoms with Crippen LogP contribution < -0.4 is 0 Å². The average molecular weight is 542 g/mol. The Kier molecular flexibility index (Phi) is 8.76. The van der Waals surface area contributed by atoms with Crippen molar-refractivity contribution >= 4 is 40.2 Å². The predicted molar refractivity (Wildman–Crippen MR) is 158 cm³/mol. The molecule has 1 heterocycles. The van der Waals surface area contributed by atoms with Crippen LogP contribution in [0.25, 0.3) is 11.0 Å². The highest BCUT2D eigenvalue weighted by Crippen LogP contribution is 2.31.